The molecule has 0 atom stereocenters. The summed E-state index contributed by atoms with van der Waals surface area (Å²) in [5.41, 5.74) is 1.14. The van der Waals surface area contributed by atoms with Crippen LogP contribution in [0.15, 0.2) is 6.07 Å². The van der Waals surface area contributed by atoms with Gasteiger partial charge in [-0.2, -0.15) is 0 Å². The molecule has 0 fully saturated rings. The number of halogens is 1. The van der Waals surface area contributed by atoms with Gasteiger partial charge in [-0.05, 0) is 37.8 Å². The van der Waals surface area contributed by atoms with Gasteiger partial charge in [0.05, 0.1) is 4.34 Å². The average Bonchev–Trinajstić information content (AvgIpc) is 2.45. The number of hydrogen-bond donors (Lipinski definition) is 1. The molecule has 2 nitrogen and oxygen atoms in total. The van der Waals surface area contributed by atoms with E-state index in [2.05, 4.69) is 6.07 Å². The molecule has 84 valence electrons. The Morgan fingerprint density at radius 2 is 2.20 bits per heavy atom. The number of carbonyl (C=O) groups is 1. The molecule has 1 heterocycles. The fourth-order valence-corrected chi connectivity index (χ4v) is 2.68. The molecule has 0 aliphatic carbocycles. The summed E-state index contributed by atoms with van der Waals surface area (Å²) in [4.78, 5) is 11.6. The van der Waals surface area contributed by atoms with Gasteiger partial charge in [0.2, 0.25) is 0 Å². The van der Waals surface area contributed by atoms with E-state index in [-0.39, 0.29) is 6.42 Å². The van der Waals surface area contributed by atoms with Crippen LogP contribution in [-0.2, 0) is 11.2 Å². The second kappa shape index (κ2) is 6.13. The third kappa shape index (κ3) is 4.67. The highest BCUT2D eigenvalue weighted by atomic mass is 35.5. The van der Waals surface area contributed by atoms with Crippen molar-refractivity contribution in [1.29, 1.82) is 0 Å². The molecule has 0 aromatic carbocycles. The first-order chi connectivity index (χ1) is 7.09. The summed E-state index contributed by atoms with van der Waals surface area (Å²) < 4.78 is 0.871. The molecule has 0 spiro atoms. The van der Waals surface area contributed by atoms with Crippen molar-refractivity contribution in [1.82, 2.24) is 0 Å². The molecule has 1 N–H and O–H groups in total. The van der Waals surface area contributed by atoms with E-state index in [1.807, 2.05) is 6.92 Å². The van der Waals surface area contributed by atoms with Gasteiger partial charge in [-0.15, -0.1) is 11.3 Å². The van der Waals surface area contributed by atoms with Crippen LogP contribution in [0.2, 0.25) is 4.34 Å². The summed E-state index contributed by atoms with van der Waals surface area (Å²) in [7, 11) is 0. The van der Waals surface area contributed by atoms with E-state index in [9.17, 15) is 4.79 Å². The van der Waals surface area contributed by atoms with Crippen molar-refractivity contribution < 1.29 is 9.90 Å². The lowest BCUT2D eigenvalue weighted by Gasteiger charge is -1.97. The van der Waals surface area contributed by atoms with Crippen LogP contribution in [0.25, 0.3) is 0 Å². The number of unbranched alkanes of at least 4 members (excludes halogenated alkanes) is 2. The SMILES string of the molecule is Cc1cc(CCCCCC(=O)O)sc1Cl. The lowest BCUT2D eigenvalue weighted by atomic mass is 10.1. The monoisotopic (exact) mass is 246 g/mol. The number of thiophene rings is 1. The number of hydrogen-bond acceptors (Lipinski definition) is 2. The number of carboxylic acid groups (broad SMARTS) is 1. The van der Waals surface area contributed by atoms with Gasteiger partial charge in [0.15, 0.2) is 0 Å². The summed E-state index contributed by atoms with van der Waals surface area (Å²) in [5.74, 6) is -0.704. The van der Waals surface area contributed by atoms with E-state index in [1.54, 1.807) is 11.3 Å². The molecule has 0 unspecified atom stereocenters. The lowest BCUT2D eigenvalue weighted by Crippen LogP contribution is -1.93. The average molecular weight is 247 g/mol. The minimum absolute atomic E-state index is 0.282. The van der Waals surface area contributed by atoms with Gasteiger partial charge in [-0.3, -0.25) is 4.79 Å². The Hall–Kier alpha value is -0.540. The van der Waals surface area contributed by atoms with E-state index < -0.39 is 5.97 Å². The smallest absolute Gasteiger partial charge is 0.303 e. The number of rotatable bonds is 6. The van der Waals surface area contributed by atoms with Crippen LogP contribution in [0, 0.1) is 6.92 Å². The predicted octanol–water partition coefficient (Wildman–Crippen LogP) is 3.90. The van der Waals surface area contributed by atoms with Gasteiger partial charge < -0.3 is 5.11 Å². The first-order valence-electron chi connectivity index (χ1n) is 5.06. The van der Waals surface area contributed by atoms with Crippen molar-refractivity contribution >= 4 is 28.9 Å². The van der Waals surface area contributed by atoms with Crippen LogP contribution in [0.3, 0.4) is 0 Å². The molecule has 4 heteroatoms. The van der Waals surface area contributed by atoms with Gasteiger partial charge in [0, 0.05) is 11.3 Å². The van der Waals surface area contributed by atoms with E-state index in [0.29, 0.717) is 0 Å². The molecule has 1 aromatic rings. The Balaban J connectivity index is 2.18. The molecule has 0 amide bonds. The third-order valence-electron chi connectivity index (χ3n) is 2.22. The van der Waals surface area contributed by atoms with Crippen molar-refractivity contribution in [3.05, 3.63) is 20.8 Å². The summed E-state index contributed by atoms with van der Waals surface area (Å²) in [6.45, 7) is 2.01. The fraction of sp³-hybridized carbons (Fsp3) is 0.545. The molecule has 15 heavy (non-hydrogen) atoms. The molecule has 0 radical (unpaired) electrons. The van der Waals surface area contributed by atoms with Crippen molar-refractivity contribution in [2.45, 2.75) is 39.0 Å². The van der Waals surface area contributed by atoms with Crippen LogP contribution in [0.5, 0.6) is 0 Å². The van der Waals surface area contributed by atoms with E-state index in [4.69, 9.17) is 16.7 Å². The Kier molecular flexibility index (Phi) is 5.12. The minimum Gasteiger partial charge on any atom is -0.481 e. The zero-order valence-electron chi connectivity index (χ0n) is 8.75. The maximum Gasteiger partial charge on any atom is 0.303 e. The molecular formula is C11H15ClO2S. The van der Waals surface area contributed by atoms with Crippen LogP contribution < -0.4 is 0 Å². The highest BCUT2D eigenvalue weighted by Crippen LogP contribution is 2.27. The first kappa shape index (κ1) is 12.5. The quantitative estimate of drug-likeness (QED) is 0.773. The van der Waals surface area contributed by atoms with Crippen LogP contribution in [0.4, 0.5) is 0 Å². The fourth-order valence-electron chi connectivity index (χ4n) is 1.40. The number of carboxylic acids is 1. The highest BCUT2D eigenvalue weighted by molar-refractivity contribution is 7.16. The summed E-state index contributed by atoms with van der Waals surface area (Å²) in [6.07, 6.45) is 4.08. The van der Waals surface area contributed by atoms with Crippen molar-refractivity contribution in [3.63, 3.8) is 0 Å². The topological polar surface area (TPSA) is 37.3 Å². The second-order valence-electron chi connectivity index (χ2n) is 3.62. The molecule has 1 aromatic heterocycles. The zero-order chi connectivity index (χ0) is 11.3. The standard InChI is InChI=1S/C11H15ClO2S/c1-8-7-9(15-11(8)12)5-3-2-4-6-10(13)14/h7H,2-6H2,1H3,(H,13,14). The van der Waals surface area contributed by atoms with Gasteiger partial charge >= 0.3 is 5.97 Å². The van der Waals surface area contributed by atoms with Gasteiger partial charge in [0.1, 0.15) is 0 Å². The summed E-state index contributed by atoms with van der Waals surface area (Å²) in [6, 6.07) is 2.12. The molecule has 0 aliphatic heterocycles. The van der Waals surface area contributed by atoms with Gasteiger partial charge in [-0.1, -0.05) is 18.0 Å². The molecule has 0 saturated carbocycles. The lowest BCUT2D eigenvalue weighted by molar-refractivity contribution is -0.137. The van der Waals surface area contributed by atoms with Gasteiger partial charge in [-0.25, -0.2) is 0 Å². The maximum absolute atomic E-state index is 10.3. The molecule has 0 aliphatic rings. The molecule has 0 saturated heterocycles. The normalized spacial score (nSPS) is 10.5. The Labute approximate surface area is 98.9 Å². The largest absolute Gasteiger partial charge is 0.481 e. The predicted molar refractivity (Wildman–Crippen MR) is 63.9 cm³/mol. The van der Waals surface area contributed by atoms with Crippen LogP contribution in [0.1, 0.15) is 36.1 Å². The van der Waals surface area contributed by atoms with E-state index in [0.717, 1.165) is 35.6 Å². The van der Waals surface area contributed by atoms with Gasteiger partial charge in [0.25, 0.3) is 0 Å². The second-order valence-corrected chi connectivity index (χ2v) is 5.36. The zero-order valence-corrected chi connectivity index (χ0v) is 10.3. The summed E-state index contributed by atoms with van der Waals surface area (Å²) >= 11 is 7.58. The first-order valence-corrected chi connectivity index (χ1v) is 6.25. The third-order valence-corrected chi connectivity index (χ3v) is 3.84. The Bertz CT molecular complexity index is 314. The molecular weight excluding hydrogens is 232 g/mol. The molecule has 1 rings (SSSR count). The van der Waals surface area contributed by atoms with Crippen molar-refractivity contribution in [3.8, 4) is 0 Å². The van der Waals surface area contributed by atoms with Crippen molar-refractivity contribution in [2.24, 2.45) is 0 Å². The van der Waals surface area contributed by atoms with E-state index >= 15 is 0 Å². The Morgan fingerprint density at radius 1 is 1.47 bits per heavy atom. The maximum atomic E-state index is 10.3. The van der Waals surface area contributed by atoms with Crippen LogP contribution >= 0.6 is 22.9 Å². The van der Waals surface area contributed by atoms with Crippen LogP contribution in [-0.4, -0.2) is 11.1 Å². The molecule has 0 bridgehead atoms. The minimum atomic E-state index is -0.704. The summed E-state index contributed by atoms with van der Waals surface area (Å²) in [5, 5.41) is 8.45. The number of aliphatic carboxylic acids is 1. The van der Waals surface area contributed by atoms with E-state index in [1.165, 1.54) is 4.88 Å². The van der Waals surface area contributed by atoms with Crippen molar-refractivity contribution in [2.75, 3.05) is 0 Å². The number of aryl methyl sites for hydroxylation is 2. The highest BCUT2D eigenvalue weighted by Gasteiger charge is 2.03. The Morgan fingerprint density at radius 3 is 2.73 bits per heavy atom.